The van der Waals surface area contributed by atoms with E-state index >= 15 is 0 Å². The summed E-state index contributed by atoms with van der Waals surface area (Å²) >= 11 is 0. The third-order valence-corrected chi connectivity index (χ3v) is 5.24. The maximum atomic E-state index is 4.27. The van der Waals surface area contributed by atoms with Crippen LogP contribution >= 0.6 is 0 Å². The summed E-state index contributed by atoms with van der Waals surface area (Å²) < 4.78 is 1.99. The zero-order valence-corrected chi connectivity index (χ0v) is 13.1. The fraction of sp³-hybridized carbons (Fsp3) is 0.556. The van der Waals surface area contributed by atoms with E-state index in [2.05, 4.69) is 39.2 Å². The molecule has 116 valence electrons. The first-order chi connectivity index (χ1) is 10.9. The average molecular weight is 296 g/mol. The number of hydrogen-bond donors (Lipinski definition) is 0. The van der Waals surface area contributed by atoms with Gasteiger partial charge in [0.25, 0.3) is 0 Å². The number of piperidine rings is 1. The fourth-order valence-electron chi connectivity index (χ4n) is 4.23. The molecule has 1 aliphatic carbocycles. The number of aromatic nitrogens is 3. The number of hydrogen-bond acceptors (Lipinski definition) is 3. The van der Waals surface area contributed by atoms with Gasteiger partial charge in [-0.15, -0.1) is 0 Å². The van der Waals surface area contributed by atoms with Gasteiger partial charge in [-0.3, -0.25) is 9.58 Å². The van der Waals surface area contributed by atoms with Crippen LogP contribution in [-0.4, -0.2) is 32.8 Å². The van der Waals surface area contributed by atoms with E-state index in [4.69, 9.17) is 0 Å². The van der Waals surface area contributed by atoms with Crippen LogP contribution in [0.5, 0.6) is 0 Å². The standard InChI is InChI=1S/C18H24N4/c1-2-8-17-16(6-1)7-3-9-18(17)21-10-4-5-15(11-21)12-22-14-19-13-20-22/h1-2,6,8,13-15,18H,3-5,7,9-12H2/t15-,18+/m0/s1. The van der Waals surface area contributed by atoms with Crippen molar-refractivity contribution in [2.45, 2.75) is 44.7 Å². The number of nitrogens with zero attached hydrogens (tertiary/aromatic N) is 4. The van der Waals surface area contributed by atoms with Gasteiger partial charge in [0.1, 0.15) is 12.7 Å². The van der Waals surface area contributed by atoms with E-state index in [1.165, 1.54) is 45.2 Å². The molecular formula is C18H24N4. The fourth-order valence-corrected chi connectivity index (χ4v) is 4.23. The van der Waals surface area contributed by atoms with Crippen LogP contribution in [0, 0.1) is 5.92 Å². The van der Waals surface area contributed by atoms with Crippen molar-refractivity contribution in [1.29, 1.82) is 0 Å². The number of rotatable bonds is 3. The molecule has 0 spiro atoms. The molecule has 4 nitrogen and oxygen atoms in total. The number of benzene rings is 1. The monoisotopic (exact) mass is 296 g/mol. The highest BCUT2D eigenvalue weighted by atomic mass is 15.3. The van der Waals surface area contributed by atoms with Gasteiger partial charge in [0.15, 0.2) is 0 Å². The number of likely N-dealkylation sites (tertiary alicyclic amines) is 1. The second kappa shape index (κ2) is 6.21. The van der Waals surface area contributed by atoms with Crippen molar-refractivity contribution in [2.75, 3.05) is 13.1 Å². The highest BCUT2D eigenvalue weighted by Gasteiger charge is 2.29. The Bertz CT molecular complexity index is 607. The molecule has 22 heavy (non-hydrogen) atoms. The lowest BCUT2D eigenvalue weighted by atomic mass is 9.85. The van der Waals surface area contributed by atoms with Crippen molar-refractivity contribution in [1.82, 2.24) is 19.7 Å². The van der Waals surface area contributed by atoms with Crippen LogP contribution in [0.15, 0.2) is 36.9 Å². The topological polar surface area (TPSA) is 34.0 Å². The Labute approximate surface area is 132 Å². The van der Waals surface area contributed by atoms with Gasteiger partial charge in [-0.25, -0.2) is 4.98 Å². The predicted molar refractivity (Wildman–Crippen MR) is 86.4 cm³/mol. The van der Waals surface area contributed by atoms with E-state index in [0.29, 0.717) is 12.0 Å². The largest absolute Gasteiger partial charge is 0.296 e. The van der Waals surface area contributed by atoms with E-state index in [0.717, 1.165) is 6.54 Å². The Balaban J connectivity index is 1.48. The summed E-state index contributed by atoms with van der Waals surface area (Å²) in [5.41, 5.74) is 3.15. The zero-order chi connectivity index (χ0) is 14.8. The SMILES string of the molecule is c1ccc2c(c1)CCC[C@H]2N1CCC[C@H](Cn2cncn2)C1. The maximum Gasteiger partial charge on any atom is 0.137 e. The quantitative estimate of drug-likeness (QED) is 0.873. The van der Waals surface area contributed by atoms with Gasteiger partial charge >= 0.3 is 0 Å². The molecule has 0 bridgehead atoms. The van der Waals surface area contributed by atoms with E-state index in [-0.39, 0.29) is 0 Å². The summed E-state index contributed by atoms with van der Waals surface area (Å²) in [4.78, 5) is 6.79. The van der Waals surface area contributed by atoms with Crippen molar-refractivity contribution in [3.8, 4) is 0 Å². The van der Waals surface area contributed by atoms with Crippen molar-refractivity contribution in [3.05, 3.63) is 48.0 Å². The number of fused-ring (bicyclic) bond motifs is 1. The first kappa shape index (κ1) is 13.9. The van der Waals surface area contributed by atoms with Gasteiger partial charge in [0, 0.05) is 19.1 Å². The van der Waals surface area contributed by atoms with Crippen molar-refractivity contribution in [2.24, 2.45) is 5.92 Å². The van der Waals surface area contributed by atoms with Crippen LogP contribution < -0.4 is 0 Å². The summed E-state index contributed by atoms with van der Waals surface area (Å²) in [5.74, 6) is 0.699. The molecule has 0 unspecified atom stereocenters. The Hall–Kier alpha value is -1.68. The lowest BCUT2D eigenvalue weighted by Gasteiger charge is -2.41. The molecule has 4 heteroatoms. The van der Waals surface area contributed by atoms with E-state index in [1.54, 1.807) is 17.5 Å². The summed E-state index contributed by atoms with van der Waals surface area (Å²) in [6.45, 7) is 3.44. The molecule has 2 aliphatic rings. The van der Waals surface area contributed by atoms with Crippen LogP contribution in [0.3, 0.4) is 0 Å². The lowest BCUT2D eigenvalue weighted by Crippen LogP contribution is -2.40. The summed E-state index contributed by atoms with van der Waals surface area (Å²) in [6.07, 6.45) is 9.98. The third kappa shape index (κ3) is 2.80. The Kier molecular flexibility index (Phi) is 3.94. The second-order valence-electron chi connectivity index (χ2n) is 6.73. The van der Waals surface area contributed by atoms with Gasteiger partial charge < -0.3 is 0 Å². The summed E-state index contributed by atoms with van der Waals surface area (Å²) in [7, 11) is 0. The zero-order valence-electron chi connectivity index (χ0n) is 13.1. The molecule has 1 aromatic carbocycles. The van der Waals surface area contributed by atoms with Crippen molar-refractivity contribution >= 4 is 0 Å². The molecule has 1 aromatic heterocycles. The van der Waals surface area contributed by atoms with Crippen LogP contribution in [0.1, 0.15) is 42.9 Å². The third-order valence-electron chi connectivity index (χ3n) is 5.24. The molecule has 4 rings (SSSR count). The molecule has 0 saturated carbocycles. The van der Waals surface area contributed by atoms with Crippen molar-refractivity contribution in [3.63, 3.8) is 0 Å². The van der Waals surface area contributed by atoms with Gasteiger partial charge in [-0.2, -0.15) is 5.10 Å². The normalized spacial score (nSPS) is 25.8. The summed E-state index contributed by atoms with van der Waals surface area (Å²) in [5, 5.41) is 4.27. The van der Waals surface area contributed by atoms with Gasteiger partial charge in [-0.05, 0) is 55.7 Å². The van der Waals surface area contributed by atoms with Crippen LogP contribution in [0.2, 0.25) is 0 Å². The second-order valence-corrected chi connectivity index (χ2v) is 6.73. The predicted octanol–water partition coefficient (Wildman–Crippen LogP) is 3.07. The van der Waals surface area contributed by atoms with Crippen LogP contribution in [0.25, 0.3) is 0 Å². The lowest BCUT2D eigenvalue weighted by molar-refractivity contribution is 0.103. The van der Waals surface area contributed by atoms with Crippen LogP contribution in [0.4, 0.5) is 0 Å². The highest BCUT2D eigenvalue weighted by molar-refractivity contribution is 5.32. The van der Waals surface area contributed by atoms with E-state index in [1.807, 2.05) is 11.0 Å². The minimum atomic E-state index is 0.628. The molecule has 2 atom stereocenters. The molecule has 0 radical (unpaired) electrons. The highest BCUT2D eigenvalue weighted by Crippen LogP contribution is 2.36. The van der Waals surface area contributed by atoms with Gasteiger partial charge in [0.05, 0.1) is 0 Å². The molecule has 1 saturated heterocycles. The molecule has 0 amide bonds. The van der Waals surface area contributed by atoms with Crippen molar-refractivity contribution < 1.29 is 0 Å². The van der Waals surface area contributed by atoms with E-state index < -0.39 is 0 Å². The summed E-state index contributed by atoms with van der Waals surface area (Å²) in [6, 6.07) is 9.68. The molecule has 1 fully saturated rings. The average Bonchev–Trinajstić information content (AvgIpc) is 3.07. The van der Waals surface area contributed by atoms with E-state index in [9.17, 15) is 0 Å². The molecule has 2 heterocycles. The molecular weight excluding hydrogens is 272 g/mol. The maximum absolute atomic E-state index is 4.27. The van der Waals surface area contributed by atoms with Gasteiger partial charge in [0.2, 0.25) is 0 Å². The smallest absolute Gasteiger partial charge is 0.137 e. The minimum absolute atomic E-state index is 0.628. The molecule has 2 aromatic rings. The Morgan fingerprint density at radius 3 is 3.00 bits per heavy atom. The Morgan fingerprint density at radius 1 is 1.14 bits per heavy atom. The minimum Gasteiger partial charge on any atom is -0.296 e. The molecule has 0 N–H and O–H groups in total. The Morgan fingerprint density at radius 2 is 2.09 bits per heavy atom. The number of aryl methyl sites for hydroxylation is 1. The van der Waals surface area contributed by atoms with Gasteiger partial charge in [-0.1, -0.05) is 24.3 Å². The first-order valence-corrected chi connectivity index (χ1v) is 8.54. The van der Waals surface area contributed by atoms with Crippen LogP contribution in [-0.2, 0) is 13.0 Å². The molecule has 1 aliphatic heterocycles. The first-order valence-electron chi connectivity index (χ1n) is 8.54.